The standard InChI is InChI=1S/C35H47FN4O2/c1-4-17-40-34(29(21-37-40)14-13-26-9-6-5-7-10-26)27-15-18-38(19-16-27)22-30-23-39(33(25(2)3)35(41)42)24-32(30)28-11-8-12-31(36)20-28/h5-12,20-21,25,27,30,32-33H,4,13-19,22-24H2,1-3H3,(H,41,42). The van der Waals surface area contributed by atoms with Crippen molar-refractivity contribution in [3.8, 4) is 0 Å². The van der Waals surface area contributed by atoms with Crippen LogP contribution in [0.4, 0.5) is 4.39 Å². The van der Waals surface area contributed by atoms with Crippen LogP contribution in [-0.4, -0.2) is 69.4 Å². The fourth-order valence-corrected chi connectivity index (χ4v) is 7.43. The van der Waals surface area contributed by atoms with Gasteiger partial charge in [-0.15, -0.1) is 0 Å². The van der Waals surface area contributed by atoms with Gasteiger partial charge in [-0.2, -0.15) is 5.10 Å². The number of carboxylic acid groups (broad SMARTS) is 1. The first-order valence-corrected chi connectivity index (χ1v) is 15.9. The molecule has 2 aliphatic heterocycles. The van der Waals surface area contributed by atoms with Crippen molar-refractivity contribution in [3.05, 3.63) is 89.0 Å². The zero-order valence-corrected chi connectivity index (χ0v) is 25.5. The summed E-state index contributed by atoms with van der Waals surface area (Å²) in [7, 11) is 0. The van der Waals surface area contributed by atoms with Crippen molar-refractivity contribution in [2.24, 2.45) is 11.8 Å². The highest BCUT2D eigenvalue weighted by atomic mass is 19.1. The van der Waals surface area contributed by atoms with Gasteiger partial charge in [0.1, 0.15) is 11.9 Å². The molecule has 5 rings (SSSR count). The maximum atomic E-state index is 14.2. The van der Waals surface area contributed by atoms with Crippen LogP contribution in [0, 0.1) is 17.7 Å². The zero-order valence-electron chi connectivity index (χ0n) is 25.5. The molecule has 2 saturated heterocycles. The average molecular weight is 575 g/mol. The highest BCUT2D eigenvalue weighted by Gasteiger charge is 2.41. The van der Waals surface area contributed by atoms with Crippen LogP contribution in [0.25, 0.3) is 0 Å². The second kappa shape index (κ2) is 14.0. The summed E-state index contributed by atoms with van der Waals surface area (Å²) in [6, 6.07) is 17.1. The number of piperidine rings is 1. The van der Waals surface area contributed by atoms with Gasteiger partial charge in [0.15, 0.2) is 0 Å². The van der Waals surface area contributed by atoms with Crippen molar-refractivity contribution >= 4 is 5.97 Å². The van der Waals surface area contributed by atoms with E-state index in [0.717, 1.165) is 70.4 Å². The summed E-state index contributed by atoms with van der Waals surface area (Å²) in [6.07, 6.45) is 7.40. The number of aryl methyl sites for hydroxylation is 3. The molecule has 0 spiro atoms. The third-order valence-corrected chi connectivity index (χ3v) is 9.41. The number of hydrogen-bond acceptors (Lipinski definition) is 4. The summed E-state index contributed by atoms with van der Waals surface area (Å²) >= 11 is 0. The van der Waals surface area contributed by atoms with Gasteiger partial charge in [-0.1, -0.05) is 63.2 Å². The molecule has 2 fully saturated rings. The Hall–Kier alpha value is -3.03. The molecule has 2 aliphatic rings. The fraction of sp³-hybridized carbons (Fsp3) is 0.543. The van der Waals surface area contributed by atoms with Crippen LogP contribution >= 0.6 is 0 Å². The Morgan fingerprint density at radius 3 is 2.48 bits per heavy atom. The lowest BCUT2D eigenvalue weighted by Gasteiger charge is -2.35. The van der Waals surface area contributed by atoms with Crippen molar-refractivity contribution < 1.29 is 14.3 Å². The smallest absolute Gasteiger partial charge is 0.321 e. The fourth-order valence-electron chi connectivity index (χ4n) is 7.43. The second-order valence-corrected chi connectivity index (χ2v) is 12.7. The molecule has 3 unspecified atom stereocenters. The molecule has 0 amide bonds. The van der Waals surface area contributed by atoms with E-state index in [1.807, 2.05) is 19.9 Å². The first kappa shape index (κ1) is 30.4. The minimum Gasteiger partial charge on any atom is -0.480 e. The molecule has 0 saturated carbocycles. The molecule has 42 heavy (non-hydrogen) atoms. The monoisotopic (exact) mass is 574 g/mol. The molecule has 0 aliphatic carbocycles. The van der Waals surface area contributed by atoms with E-state index < -0.39 is 12.0 Å². The first-order valence-electron chi connectivity index (χ1n) is 15.9. The van der Waals surface area contributed by atoms with E-state index in [4.69, 9.17) is 5.10 Å². The van der Waals surface area contributed by atoms with Crippen LogP contribution in [0.1, 0.15) is 74.3 Å². The maximum Gasteiger partial charge on any atom is 0.321 e. The summed E-state index contributed by atoms with van der Waals surface area (Å²) in [6.45, 7) is 11.4. The van der Waals surface area contributed by atoms with Crippen LogP contribution in [0.2, 0.25) is 0 Å². The van der Waals surface area contributed by atoms with Crippen molar-refractivity contribution in [3.63, 3.8) is 0 Å². The van der Waals surface area contributed by atoms with Crippen LogP contribution in [0.15, 0.2) is 60.8 Å². The SMILES string of the molecule is CCCn1ncc(CCc2ccccc2)c1C1CCN(CC2CN(C(C(=O)O)C(C)C)CC2c2cccc(F)c2)CC1. The zero-order chi connectivity index (χ0) is 29.6. The Balaban J connectivity index is 1.27. The van der Waals surface area contributed by atoms with Crippen LogP contribution in [-0.2, 0) is 24.2 Å². The number of rotatable bonds is 12. The molecule has 0 radical (unpaired) electrons. The quantitative estimate of drug-likeness (QED) is 0.278. The number of halogens is 1. The highest BCUT2D eigenvalue weighted by molar-refractivity contribution is 5.73. The molecule has 0 bridgehead atoms. The highest BCUT2D eigenvalue weighted by Crippen LogP contribution is 2.38. The van der Waals surface area contributed by atoms with Gasteiger partial charge in [-0.3, -0.25) is 14.4 Å². The molecular weight excluding hydrogens is 527 g/mol. The minimum atomic E-state index is -0.767. The first-order chi connectivity index (χ1) is 20.3. The summed E-state index contributed by atoms with van der Waals surface area (Å²) in [5.41, 5.74) is 5.16. The Morgan fingerprint density at radius 2 is 1.81 bits per heavy atom. The third kappa shape index (κ3) is 7.12. The van der Waals surface area contributed by atoms with E-state index in [0.29, 0.717) is 12.5 Å². The number of nitrogens with zero attached hydrogens (tertiary/aromatic N) is 4. The number of benzene rings is 2. The topological polar surface area (TPSA) is 61.6 Å². The number of carbonyl (C=O) groups is 1. The molecule has 3 aromatic rings. The van der Waals surface area contributed by atoms with Gasteiger partial charge in [-0.05, 0) is 85.9 Å². The van der Waals surface area contributed by atoms with Crippen molar-refractivity contribution in [1.29, 1.82) is 0 Å². The third-order valence-electron chi connectivity index (χ3n) is 9.41. The van der Waals surface area contributed by atoms with Gasteiger partial charge >= 0.3 is 5.97 Å². The maximum absolute atomic E-state index is 14.2. The van der Waals surface area contributed by atoms with E-state index in [1.165, 1.54) is 22.9 Å². The molecule has 2 aromatic carbocycles. The lowest BCUT2D eigenvalue weighted by molar-refractivity contribution is -0.144. The Labute approximate surface area is 250 Å². The van der Waals surface area contributed by atoms with Gasteiger partial charge in [0.2, 0.25) is 0 Å². The van der Waals surface area contributed by atoms with Gasteiger partial charge in [-0.25, -0.2) is 4.39 Å². The number of aromatic nitrogens is 2. The van der Waals surface area contributed by atoms with E-state index in [-0.39, 0.29) is 23.6 Å². The summed E-state index contributed by atoms with van der Waals surface area (Å²) < 4.78 is 16.5. The normalized spacial score (nSPS) is 21.3. The van der Waals surface area contributed by atoms with E-state index in [2.05, 4.69) is 57.9 Å². The van der Waals surface area contributed by atoms with Crippen molar-refractivity contribution in [1.82, 2.24) is 19.6 Å². The van der Waals surface area contributed by atoms with E-state index in [9.17, 15) is 14.3 Å². The van der Waals surface area contributed by atoms with Gasteiger partial charge < -0.3 is 10.0 Å². The molecule has 1 aromatic heterocycles. The Bertz CT molecular complexity index is 1300. The van der Waals surface area contributed by atoms with Gasteiger partial charge in [0.05, 0.1) is 6.20 Å². The minimum absolute atomic E-state index is 0.00853. The average Bonchev–Trinajstić information content (AvgIpc) is 3.56. The number of hydrogen-bond donors (Lipinski definition) is 1. The lowest BCUT2D eigenvalue weighted by atomic mass is 9.86. The summed E-state index contributed by atoms with van der Waals surface area (Å²) in [5, 5.41) is 14.8. The molecule has 226 valence electrons. The van der Waals surface area contributed by atoms with Crippen molar-refractivity contribution in [2.45, 2.75) is 77.3 Å². The van der Waals surface area contributed by atoms with Crippen LogP contribution < -0.4 is 0 Å². The van der Waals surface area contributed by atoms with Gasteiger partial charge in [0.25, 0.3) is 0 Å². The lowest BCUT2D eigenvalue weighted by Crippen LogP contribution is -2.44. The van der Waals surface area contributed by atoms with Crippen LogP contribution in [0.3, 0.4) is 0 Å². The molecule has 6 nitrogen and oxygen atoms in total. The molecule has 1 N–H and O–H groups in total. The predicted octanol–water partition coefficient (Wildman–Crippen LogP) is 6.22. The number of aliphatic carboxylic acids is 1. The number of carboxylic acids is 1. The number of likely N-dealkylation sites (tertiary alicyclic amines) is 2. The van der Waals surface area contributed by atoms with E-state index in [1.54, 1.807) is 12.1 Å². The molecular formula is C35H47FN4O2. The largest absolute Gasteiger partial charge is 0.480 e. The summed E-state index contributed by atoms with van der Waals surface area (Å²) in [4.78, 5) is 16.9. The van der Waals surface area contributed by atoms with Crippen molar-refractivity contribution in [2.75, 3.05) is 32.7 Å². The Morgan fingerprint density at radius 1 is 1.05 bits per heavy atom. The van der Waals surface area contributed by atoms with Gasteiger partial charge in [0, 0.05) is 43.7 Å². The van der Waals surface area contributed by atoms with Crippen LogP contribution in [0.5, 0.6) is 0 Å². The molecule has 3 atom stereocenters. The summed E-state index contributed by atoms with van der Waals surface area (Å²) in [5.74, 6) is -0.107. The van der Waals surface area contributed by atoms with E-state index >= 15 is 0 Å². The molecule has 3 heterocycles. The predicted molar refractivity (Wildman–Crippen MR) is 165 cm³/mol. The molecule has 7 heteroatoms. The second-order valence-electron chi connectivity index (χ2n) is 12.7. The Kier molecular flexibility index (Phi) is 10.1.